The molecule has 2 N–H and O–H groups in total. The van der Waals surface area contributed by atoms with E-state index in [9.17, 15) is 0 Å². The lowest BCUT2D eigenvalue weighted by atomic mass is 10.1. The molecule has 0 aliphatic rings. The zero-order valence-electron chi connectivity index (χ0n) is 6.76. The smallest absolute Gasteiger partial charge is 0.123 e. The molecule has 0 aliphatic carbocycles. The summed E-state index contributed by atoms with van der Waals surface area (Å²) in [7, 11) is 0. The molecule has 1 aromatic rings. The average Bonchev–Trinajstić information content (AvgIpc) is 2.03. The molecule has 0 fully saturated rings. The quantitative estimate of drug-likeness (QED) is 0.486. The van der Waals surface area contributed by atoms with Crippen LogP contribution in [0.15, 0.2) is 12.3 Å². The monoisotopic (exact) mass is 180 g/mol. The fraction of sp³-hybridized carbons (Fsp3) is 0.222. The summed E-state index contributed by atoms with van der Waals surface area (Å²) < 4.78 is 0. The Kier molecular flexibility index (Phi) is 2.95. The molecule has 0 spiro atoms. The maximum atomic E-state index is 5.47. The SMILES string of the molecule is Cc1cc(N)ncc1C#CCCl. The minimum absolute atomic E-state index is 0.337. The van der Waals surface area contributed by atoms with E-state index in [-0.39, 0.29) is 0 Å². The lowest BCUT2D eigenvalue weighted by molar-refractivity contribution is 1.27. The first-order valence-corrected chi connectivity index (χ1v) is 4.04. The third-order valence-corrected chi connectivity index (χ3v) is 1.56. The molecule has 2 nitrogen and oxygen atoms in total. The second-order valence-electron chi connectivity index (χ2n) is 2.36. The molecule has 0 amide bonds. The van der Waals surface area contributed by atoms with Gasteiger partial charge in [-0.05, 0) is 18.6 Å². The average molecular weight is 181 g/mol. The molecule has 62 valence electrons. The van der Waals surface area contributed by atoms with E-state index in [2.05, 4.69) is 16.8 Å². The highest BCUT2D eigenvalue weighted by Crippen LogP contribution is 2.07. The van der Waals surface area contributed by atoms with Crippen molar-refractivity contribution in [1.29, 1.82) is 0 Å². The molecule has 1 aromatic heterocycles. The van der Waals surface area contributed by atoms with Crippen LogP contribution in [0, 0.1) is 18.8 Å². The number of anilines is 1. The molecule has 1 heterocycles. The van der Waals surface area contributed by atoms with Crippen molar-refractivity contribution < 1.29 is 0 Å². The van der Waals surface area contributed by atoms with Gasteiger partial charge in [-0.2, -0.15) is 0 Å². The van der Waals surface area contributed by atoms with Crippen LogP contribution < -0.4 is 5.73 Å². The van der Waals surface area contributed by atoms with Crippen molar-refractivity contribution in [2.24, 2.45) is 0 Å². The van der Waals surface area contributed by atoms with Crippen molar-refractivity contribution in [2.75, 3.05) is 11.6 Å². The Morgan fingerprint density at radius 3 is 3.00 bits per heavy atom. The third-order valence-electron chi connectivity index (χ3n) is 1.42. The number of halogens is 1. The topological polar surface area (TPSA) is 38.9 Å². The highest BCUT2D eigenvalue weighted by molar-refractivity contribution is 6.19. The van der Waals surface area contributed by atoms with Crippen LogP contribution in [0.3, 0.4) is 0 Å². The number of aromatic nitrogens is 1. The second kappa shape index (κ2) is 3.99. The number of hydrogen-bond donors (Lipinski definition) is 1. The van der Waals surface area contributed by atoms with E-state index in [4.69, 9.17) is 17.3 Å². The minimum Gasteiger partial charge on any atom is -0.384 e. The number of hydrogen-bond acceptors (Lipinski definition) is 2. The van der Waals surface area contributed by atoms with Crippen LogP contribution >= 0.6 is 11.6 Å². The summed E-state index contributed by atoms with van der Waals surface area (Å²) in [6.45, 7) is 1.94. The Bertz CT molecular complexity index is 336. The number of pyridine rings is 1. The van der Waals surface area contributed by atoms with Crippen LogP contribution in [0.25, 0.3) is 0 Å². The minimum atomic E-state index is 0.337. The normalized spacial score (nSPS) is 8.83. The summed E-state index contributed by atoms with van der Waals surface area (Å²) in [5.41, 5.74) is 7.38. The lowest BCUT2D eigenvalue weighted by Crippen LogP contribution is -1.92. The summed E-state index contributed by atoms with van der Waals surface area (Å²) in [5.74, 6) is 6.50. The first-order chi connectivity index (χ1) is 5.74. The van der Waals surface area contributed by atoms with E-state index in [1.807, 2.05) is 6.92 Å². The number of rotatable bonds is 0. The van der Waals surface area contributed by atoms with E-state index in [0.717, 1.165) is 11.1 Å². The first kappa shape index (κ1) is 8.89. The predicted octanol–water partition coefficient (Wildman–Crippen LogP) is 1.56. The maximum absolute atomic E-state index is 5.47. The molecule has 0 saturated heterocycles. The predicted molar refractivity (Wildman–Crippen MR) is 51.0 cm³/mol. The van der Waals surface area contributed by atoms with Gasteiger partial charge in [-0.3, -0.25) is 0 Å². The van der Waals surface area contributed by atoms with Gasteiger partial charge in [0.1, 0.15) is 5.82 Å². The van der Waals surface area contributed by atoms with E-state index in [1.165, 1.54) is 0 Å². The maximum Gasteiger partial charge on any atom is 0.123 e. The molecule has 0 atom stereocenters. The Balaban J connectivity index is 3.01. The summed E-state index contributed by atoms with van der Waals surface area (Å²) >= 11 is 5.42. The van der Waals surface area contributed by atoms with Gasteiger partial charge in [-0.1, -0.05) is 11.8 Å². The van der Waals surface area contributed by atoms with Crippen LogP contribution in [0.5, 0.6) is 0 Å². The number of nitrogen functional groups attached to an aromatic ring is 1. The van der Waals surface area contributed by atoms with Gasteiger partial charge in [-0.25, -0.2) is 4.98 Å². The summed E-state index contributed by atoms with van der Waals surface area (Å²) in [6.07, 6.45) is 1.66. The van der Waals surface area contributed by atoms with Crippen LogP contribution in [0.4, 0.5) is 5.82 Å². The van der Waals surface area contributed by atoms with Gasteiger partial charge in [0.15, 0.2) is 0 Å². The van der Waals surface area contributed by atoms with E-state index >= 15 is 0 Å². The van der Waals surface area contributed by atoms with Gasteiger partial charge < -0.3 is 5.73 Å². The fourth-order valence-corrected chi connectivity index (χ4v) is 0.904. The van der Waals surface area contributed by atoms with Crippen molar-refractivity contribution in [2.45, 2.75) is 6.92 Å². The molecule has 0 unspecified atom stereocenters. The van der Waals surface area contributed by atoms with Gasteiger partial charge in [-0.15, -0.1) is 11.6 Å². The van der Waals surface area contributed by atoms with Crippen molar-refractivity contribution in [3.8, 4) is 11.8 Å². The molecular formula is C9H9ClN2. The Morgan fingerprint density at radius 1 is 1.67 bits per heavy atom. The van der Waals surface area contributed by atoms with Gasteiger partial charge in [0.2, 0.25) is 0 Å². The number of alkyl halides is 1. The number of aryl methyl sites for hydroxylation is 1. The standard InChI is InChI=1S/C9H9ClN2/c1-7-5-9(11)12-6-8(7)3-2-4-10/h5-6H,4H2,1H3,(H2,11,12). The molecule has 1 rings (SSSR count). The molecule has 0 saturated carbocycles. The highest BCUT2D eigenvalue weighted by atomic mass is 35.5. The summed E-state index contributed by atoms with van der Waals surface area (Å²) in [5, 5.41) is 0. The lowest BCUT2D eigenvalue weighted by Gasteiger charge is -1.97. The first-order valence-electron chi connectivity index (χ1n) is 3.51. The Morgan fingerprint density at radius 2 is 2.42 bits per heavy atom. The van der Waals surface area contributed by atoms with Gasteiger partial charge >= 0.3 is 0 Å². The van der Waals surface area contributed by atoms with E-state index < -0.39 is 0 Å². The van der Waals surface area contributed by atoms with Gasteiger partial charge in [0.25, 0.3) is 0 Å². The van der Waals surface area contributed by atoms with Gasteiger partial charge in [0.05, 0.1) is 5.88 Å². The van der Waals surface area contributed by atoms with Crippen molar-refractivity contribution in [3.05, 3.63) is 23.4 Å². The molecule has 3 heteroatoms. The number of nitrogens with two attached hydrogens (primary N) is 1. The summed E-state index contributed by atoms with van der Waals surface area (Å²) in [6, 6.07) is 1.79. The zero-order chi connectivity index (χ0) is 8.97. The number of nitrogens with zero attached hydrogens (tertiary/aromatic N) is 1. The highest BCUT2D eigenvalue weighted by Gasteiger charge is 1.94. The van der Waals surface area contributed by atoms with Gasteiger partial charge in [0, 0.05) is 11.8 Å². The molecule has 12 heavy (non-hydrogen) atoms. The molecule has 0 radical (unpaired) electrons. The van der Waals surface area contributed by atoms with Crippen LogP contribution in [0.1, 0.15) is 11.1 Å². The molecule has 0 aliphatic heterocycles. The zero-order valence-corrected chi connectivity index (χ0v) is 7.52. The third kappa shape index (κ3) is 2.14. The van der Waals surface area contributed by atoms with Crippen LogP contribution in [-0.4, -0.2) is 10.9 Å². The van der Waals surface area contributed by atoms with Crippen LogP contribution in [0.2, 0.25) is 0 Å². The Hall–Kier alpha value is -1.20. The van der Waals surface area contributed by atoms with E-state index in [0.29, 0.717) is 11.7 Å². The molecule has 0 aromatic carbocycles. The molecule has 0 bridgehead atoms. The molecular weight excluding hydrogens is 172 g/mol. The van der Waals surface area contributed by atoms with Crippen molar-refractivity contribution in [3.63, 3.8) is 0 Å². The Labute approximate surface area is 76.8 Å². The van der Waals surface area contributed by atoms with Crippen LogP contribution in [-0.2, 0) is 0 Å². The fourth-order valence-electron chi connectivity index (χ4n) is 0.837. The van der Waals surface area contributed by atoms with E-state index in [1.54, 1.807) is 12.3 Å². The summed E-state index contributed by atoms with van der Waals surface area (Å²) in [4.78, 5) is 3.93. The van der Waals surface area contributed by atoms with Crippen molar-refractivity contribution >= 4 is 17.4 Å². The largest absolute Gasteiger partial charge is 0.384 e. The van der Waals surface area contributed by atoms with Crippen molar-refractivity contribution in [1.82, 2.24) is 4.98 Å². The second-order valence-corrected chi connectivity index (χ2v) is 2.63.